The molecular weight excluding hydrogens is 285 g/mol. The third-order valence-electron chi connectivity index (χ3n) is 2.49. The molecule has 2 nitrogen and oxygen atoms in total. The van der Waals surface area contributed by atoms with Gasteiger partial charge in [-0.05, 0) is 43.5 Å². The second-order valence-corrected chi connectivity index (χ2v) is 5.36. The molecule has 1 atom stereocenters. The molecule has 1 amide bonds. The highest BCUT2D eigenvalue weighted by Crippen LogP contribution is 2.10. The van der Waals surface area contributed by atoms with Crippen molar-refractivity contribution in [1.29, 1.82) is 0 Å². The van der Waals surface area contributed by atoms with E-state index in [4.69, 9.17) is 0 Å². The summed E-state index contributed by atoms with van der Waals surface area (Å²) in [5, 5.41) is 2.78. The maximum Gasteiger partial charge on any atom is 0.251 e. The fourth-order valence-electron chi connectivity index (χ4n) is 1.52. The number of alkyl halides is 1. The number of aryl methyl sites for hydroxylation is 1. The largest absolute Gasteiger partial charge is 0.352 e. The number of hydrogen-bond acceptors (Lipinski definition) is 1. The van der Waals surface area contributed by atoms with Gasteiger partial charge in [-0.15, -0.1) is 0 Å². The van der Waals surface area contributed by atoms with E-state index in [9.17, 15) is 9.18 Å². The molecule has 0 heterocycles. The fourth-order valence-corrected chi connectivity index (χ4v) is 1.74. The lowest BCUT2D eigenvalue weighted by atomic mass is 10.1. The van der Waals surface area contributed by atoms with Gasteiger partial charge in [-0.2, -0.15) is 0 Å². The van der Waals surface area contributed by atoms with Crippen LogP contribution in [-0.4, -0.2) is 17.3 Å². The van der Waals surface area contributed by atoms with Crippen LogP contribution < -0.4 is 5.32 Å². The molecule has 0 radical (unpaired) electrons. The van der Waals surface area contributed by atoms with Gasteiger partial charge < -0.3 is 5.32 Å². The Morgan fingerprint density at radius 1 is 1.47 bits per heavy atom. The maximum atomic E-state index is 13.1. The van der Waals surface area contributed by atoms with Crippen molar-refractivity contribution in [2.45, 2.75) is 31.5 Å². The third kappa shape index (κ3) is 4.86. The van der Waals surface area contributed by atoms with Gasteiger partial charge in [0.1, 0.15) is 5.82 Å². The van der Waals surface area contributed by atoms with E-state index in [1.807, 2.05) is 0 Å². The summed E-state index contributed by atoms with van der Waals surface area (Å²) in [6.07, 6.45) is 1.89. The molecule has 0 spiro atoms. The standard InChI is InChI=1S/C13H17BrFNO/c1-3-11(14)4-5-16-13(17)10-6-9(2)7-12(15)8-10/h6-8,11H,3-5H2,1-2H3,(H,16,17). The molecule has 0 aliphatic carbocycles. The normalized spacial score (nSPS) is 12.2. The van der Waals surface area contributed by atoms with E-state index in [1.54, 1.807) is 13.0 Å². The second-order valence-electron chi connectivity index (χ2n) is 4.07. The van der Waals surface area contributed by atoms with Crippen LogP contribution in [0.25, 0.3) is 0 Å². The van der Waals surface area contributed by atoms with Gasteiger partial charge in [0.25, 0.3) is 5.91 Å². The van der Waals surface area contributed by atoms with E-state index < -0.39 is 0 Å². The monoisotopic (exact) mass is 301 g/mol. The average Bonchev–Trinajstić information content (AvgIpc) is 2.27. The summed E-state index contributed by atoms with van der Waals surface area (Å²) >= 11 is 3.50. The van der Waals surface area contributed by atoms with Gasteiger partial charge in [0.2, 0.25) is 0 Å². The van der Waals surface area contributed by atoms with Crippen LogP contribution in [0.15, 0.2) is 18.2 Å². The molecule has 1 rings (SSSR count). The highest BCUT2D eigenvalue weighted by atomic mass is 79.9. The third-order valence-corrected chi connectivity index (χ3v) is 3.60. The lowest BCUT2D eigenvalue weighted by Crippen LogP contribution is -2.26. The minimum Gasteiger partial charge on any atom is -0.352 e. The van der Waals surface area contributed by atoms with Crippen LogP contribution >= 0.6 is 15.9 Å². The van der Waals surface area contributed by atoms with Crippen molar-refractivity contribution in [3.05, 3.63) is 35.1 Å². The van der Waals surface area contributed by atoms with Crippen molar-refractivity contribution in [2.75, 3.05) is 6.54 Å². The van der Waals surface area contributed by atoms with Crippen molar-refractivity contribution in [3.63, 3.8) is 0 Å². The zero-order valence-electron chi connectivity index (χ0n) is 10.1. The van der Waals surface area contributed by atoms with E-state index in [0.717, 1.165) is 18.4 Å². The number of carbonyl (C=O) groups is 1. The number of halogens is 2. The van der Waals surface area contributed by atoms with E-state index in [-0.39, 0.29) is 11.7 Å². The summed E-state index contributed by atoms with van der Waals surface area (Å²) in [6.45, 7) is 4.45. The van der Waals surface area contributed by atoms with Crippen molar-refractivity contribution in [3.8, 4) is 0 Å². The Kier molecular flexibility index (Phi) is 5.62. The summed E-state index contributed by atoms with van der Waals surface area (Å²) in [5.41, 5.74) is 1.13. The molecule has 0 aromatic heterocycles. The quantitative estimate of drug-likeness (QED) is 0.830. The number of benzene rings is 1. The first-order chi connectivity index (χ1) is 8.02. The van der Waals surface area contributed by atoms with Crippen LogP contribution in [0.5, 0.6) is 0 Å². The van der Waals surface area contributed by atoms with Crippen LogP contribution in [0.3, 0.4) is 0 Å². The van der Waals surface area contributed by atoms with Gasteiger partial charge in [-0.1, -0.05) is 22.9 Å². The number of nitrogens with one attached hydrogen (secondary N) is 1. The topological polar surface area (TPSA) is 29.1 Å². The Bertz CT molecular complexity index is 375. The Hall–Kier alpha value is -0.900. The average molecular weight is 302 g/mol. The van der Waals surface area contributed by atoms with E-state index in [2.05, 4.69) is 28.2 Å². The van der Waals surface area contributed by atoms with Crippen molar-refractivity contribution >= 4 is 21.8 Å². The molecule has 0 saturated carbocycles. The Labute approximate surface area is 110 Å². The van der Waals surface area contributed by atoms with Crippen LogP contribution in [0.4, 0.5) is 4.39 Å². The lowest BCUT2D eigenvalue weighted by Gasteiger charge is -2.08. The minimum absolute atomic E-state index is 0.219. The SMILES string of the molecule is CCC(Br)CCNC(=O)c1cc(C)cc(F)c1. The molecule has 0 aliphatic rings. The van der Waals surface area contributed by atoms with Gasteiger partial charge in [-0.25, -0.2) is 4.39 Å². The smallest absolute Gasteiger partial charge is 0.251 e. The van der Waals surface area contributed by atoms with E-state index in [1.165, 1.54) is 12.1 Å². The van der Waals surface area contributed by atoms with Crippen molar-refractivity contribution in [2.24, 2.45) is 0 Å². The number of rotatable bonds is 5. The van der Waals surface area contributed by atoms with E-state index >= 15 is 0 Å². The van der Waals surface area contributed by atoms with Crippen LogP contribution in [-0.2, 0) is 0 Å². The summed E-state index contributed by atoms with van der Waals surface area (Å²) in [4.78, 5) is 12.1. The first-order valence-corrected chi connectivity index (χ1v) is 6.64. The highest BCUT2D eigenvalue weighted by molar-refractivity contribution is 9.09. The van der Waals surface area contributed by atoms with E-state index in [0.29, 0.717) is 16.9 Å². The molecule has 0 bridgehead atoms. The van der Waals surface area contributed by atoms with Gasteiger partial charge in [0.05, 0.1) is 0 Å². The molecule has 94 valence electrons. The van der Waals surface area contributed by atoms with Gasteiger partial charge >= 0.3 is 0 Å². The summed E-state index contributed by atoms with van der Waals surface area (Å²) in [5.74, 6) is -0.592. The first kappa shape index (κ1) is 14.2. The zero-order chi connectivity index (χ0) is 12.8. The van der Waals surface area contributed by atoms with Crippen molar-refractivity contribution in [1.82, 2.24) is 5.32 Å². The molecule has 1 unspecified atom stereocenters. The Morgan fingerprint density at radius 2 is 2.18 bits per heavy atom. The highest BCUT2D eigenvalue weighted by Gasteiger charge is 2.08. The fraction of sp³-hybridized carbons (Fsp3) is 0.462. The second kappa shape index (κ2) is 6.74. The summed E-state index contributed by atoms with van der Waals surface area (Å²) < 4.78 is 13.1. The maximum absolute atomic E-state index is 13.1. The molecule has 0 fully saturated rings. The predicted octanol–water partition coefficient (Wildman–Crippen LogP) is 3.43. The van der Waals surface area contributed by atoms with Crippen LogP contribution in [0, 0.1) is 12.7 Å². The summed E-state index contributed by atoms with van der Waals surface area (Å²) in [7, 11) is 0. The van der Waals surface area contributed by atoms with Crippen LogP contribution in [0.1, 0.15) is 35.7 Å². The zero-order valence-corrected chi connectivity index (χ0v) is 11.7. The molecular formula is C13H17BrFNO. The van der Waals surface area contributed by atoms with Crippen LogP contribution in [0.2, 0.25) is 0 Å². The number of carbonyl (C=O) groups excluding carboxylic acids is 1. The van der Waals surface area contributed by atoms with Gasteiger partial charge in [-0.3, -0.25) is 4.79 Å². The molecule has 1 aromatic carbocycles. The summed E-state index contributed by atoms with van der Waals surface area (Å²) in [6, 6.07) is 4.35. The number of amides is 1. The first-order valence-electron chi connectivity index (χ1n) is 5.72. The lowest BCUT2D eigenvalue weighted by molar-refractivity contribution is 0.0952. The van der Waals surface area contributed by atoms with Gasteiger partial charge in [0, 0.05) is 16.9 Å². The molecule has 17 heavy (non-hydrogen) atoms. The Balaban J connectivity index is 2.52. The predicted molar refractivity (Wildman–Crippen MR) is 71.1 cm³/mol. The molecule has 1 aromatic rings. The molecule has 1 N–H and O–H groups in total. The van der Waals surface area contributed by atoms with Crippen molar-refractivity contribution < 1.29 is 9.18 Å². The minimum atomic E-state index is -0.373. The van der Waals surface area contributed by atoms with Gasteiger partial charge in [0.15, 0.2) is 0 Å². The number of hydrogen-bond donors (Lipinski definition) is 1. The molecule has 0 saturated heterocycles. The molecule has 4 heteroatoms. The Morgan fingerprint density at radius 3 is 2.76 bits per heavy atom. The molecule has 0 aliphatic heterocycles.